The normalized spacial score (nSPS) is 10.6. The lowest BCUT2D eigenvalue weighted by atomic mass is 10.2. The van der Waals surface area contributed by atoms with Gasteiger partial charge in [0.05, 0.1) is 15.8 Å². The summed E-state index contributed by atoms with van der Waals surface area (Å²) in [5, 5.41) is 6.33. The van der Waals surface area contributed by atoms with E-state index in [1.165, 1.54) is 16.9 Å². The van der Waals surface area contributed by atoms with Gasteiger partial charge in [-0.25, -0.2) is 9.97 Å². The van der Waals surface area contributed by atoms with E-state index in [1.54, 1.807) is 25.4 Å². The predicted molar refractivity (Wildman–Crippen MR) is 86.1 cm³/mol. The largest absolute Gasteiger partial charge is 0.372 e. The van der Waals surface area contributed by atoms with Gasteiger partial charge in [-0.2, -0.15) is 0 Å². The molecule has 2 aromatic heterocycles. The van der Waals surface area contributed by atoms with Crippen LogP contribution in [-0.4, -0.2) is 22.9 Å². The van der Waals surface area contributed by atoms with Gasteiger partial charge in [0.15, 0.2) is 5.13 Å². The molecule has 21 heavy (non-hydrogen) atoms. The van der Waals surface area contributed by atoms with Crippen molar-refractivity contribution >= 4 is 38.4 Å². The highest BCUT2D eigenvalue weighted by Gasteiger charge is 2.13. The van der Waals surface area contributed by atoms with Crippen LogP contribution in [0.15, 0.2) is 36.5 Å². The van der Waals surface area contributed by atoms with Crippen molar-refractivity contribution in [1.82, 2.24) is 9.97 Å². The van der Waals surface area contributed by atoms with E-state index in [2.05, 4.69) is 26.7 Å². The molecule has 2 N–H and O–H groups in total. The standard InChI is InChI=1S/C15H14N4OS/c1-9-5-6-11-12(8-9)21-15(18-11)19-14(20)10-4-3-7-17-13(10)16-2/h3-8H,1-2H3,(H,16,17)(H,18,19,20). The van der Waals surface area contributed by atoms with Gasteiger partial charge in [-0.3, -0.25) is 10.1 Å². The second-order valence-electron chi connectivity index (χ2n) is 4.59. The lowest BCUT2D eigenvalue weighted by molar-refractivity contribution is 0.102. The molecule has 2 heterocycles. The van der Waals surface area contributed by atoms with Gasteiger partial charge in [0, 0.05) is 13.2 Å². The molecular formula is C15H14N4OS. The van der Waals surface area contributed by atoms with Crippen LogP contribution in [0.5, 0.6) is 0 Å². The van der Waals surface area contributed by atoms with Crippen molar-refractivity contribution < 1.29 is 4.79 Å². The zero-order chi connectivity index (χ0) is 14.8. The van der Waals surface area contributed by atoms with Crippen LogP contribution in [0.1, 0.15) is 15.9 Å². The topological polar surface area (TPSA) is 66.9 Å². The van der Waals surface area contributed by atoms with Crippen molar-refractivity contribution in [2.75, 3.05) is 17.7 Å². The Morgan fingerprint density at radius 3 is 2.95 bits per heavy atom. The first-order chi connectivity index (χ1) is 10.2. The summed E-state index contributed by atoms with van der Waals surface area (Å²) in [5.41, 5.74) is 2.56. The molecule has 1 aromatic carbocycles. The molecule has 0 spiro atoms. The Morgan fingerprint density at radius 2 is 2.14 bits per heavy atom. The number of benzene rings is 1. The van der Waals surface area contributed by atoms with Crippen LogP contribution in [0.2, 0.25) is 0 Å². The number of aromatic nitrogens is 2. The van der Waals surface area contributed by atoms with E-state index in [1.807, 2.05) is 19.1 Å². The van der Waals surface area contributed by atoms with E-state index in [0.29, 0.717) is 16.5 Å². The van der Waals surface area contributed by atoms with Gasteiger partial charge in [-0.05, 0) is 36.8 Å². The molecule has 0 atom stereocenters. The third-order valence-electron chi connectivity index (χ3n) is 3.05. The number of amides is 1. The number of hydrogen-bond donors (Lipinski definition) is 2. The molecule has 3 rings (SSSR count). The number of nitrogens with zero attached hydrogens (tertiary/aromatic N) is 2. The second kappa shape index (κ2) is 5.49. The quantitative estimate of drug-likeness (QED) is 0.778. The Labute approximate surface area is 126 Å². The predicted octanol–water partition coefficient (Wildman–Crippen LogP) is 3.29. The maximum Gasteiger partial charge on any atom is 0.261 e. The zero-order valence-electron chi connectivity index (χ0n) is 11.7. The molecule has 0 bridgehead atoms. The molecule has 0 unspecified atom stereocenters. The first-order valence-electron chi connectivity index (χ1n) is 6.48. The fraction of sp³-hybridized carbons (Fsp3) is 0.133. The number of anilines is 2. The Morgan fingerprint density at radius 1 is 1.29 bits per heavy atom. The van der Waals surface area contributed by atoms with Gasteiger partial charge < -0.3 is 5.32 Å². The van der Waals surface area contributed by atoms with Gasteiger partial charge in [-0.15, -0.1) is 0 Å². The van der Waals surface area contributed by atoms with Crippen LogP contribution in [-0.2, 0) is 0 Å². The van der Waals surface area contributed by atoms with Crippen molar-refractivity contribution in [3.05, 3.63) is 47.7 Å². The summed E-state index contributed by atoms with van der Waals surface area (Å²) in [6.07, 6.45) is 1.64. The number of carbonyl (C=O) groups excluding carboxylic acids is 1. The molecular weight excluding hydrogens is 284 g/mol. The van der Waals surface area contributed by atoms with E-state index in [4.69, 9.17) is 0 Å². The number of pyridine rings is 1. The summed E-state index contributed by atoms with van der Waals surface area (Å²) in [5.74, 6) is 0.329. The number of fused-ring (bicyclic) bond motifs is 1. The average Bonchev–Trinajstić information content (AvgIpc) is 2.88. The zero-order valence-corrected chi connectivity index (χ0v) is 12.5. The molecule has 0 radical (unpaired) electrons. The molecule has 0 saturated carbocycles. The minimum atomic E-state index is -0.219. The molecule has 5 nitrogen and oxygen atoms in total. The molecule has 0 aliphatic rings. The van der Waals surface area contributed by atoms with Gasteiger partial charge >= 0.3 is 0 Å². The third kappa shape index (κ3) is 2.71. The van der Waals surface area contributed by atoms with E-state index in [-0.39, 0.29) is 5.91 Å². The molecule has 0 aliphatic heterocycles. The maximum absolute atomic E-state index is 12.3. The summed E-state index contributed by atoms with van der Waals surface area (Å²) in [7, 11) is 1.74. The van der Waals surface area contributed by atoms with E-state index in [9.17, 15) is 4.79 Å². The Kier molecular flexibility index (Phi) is 3.53. The van der Waals surface area contributed by atoms with Crippen LogP contribution < -0.4 is 10.6 Å². The van der Waals surface area contributed by atoms with Crippen molar-refractivity contribution in [1.29, 1.82) is 0 Å². The monoisotopic (exact) mass is 298 g/mol. The summed E-state index contributed by atoms with van der Waals surface area (Å²) in [6, 6.07) is 9.49. The second-order valence-corrected chi connectivity index (χ2v) is 5.62. The van der Waals surface area contributed by atoms with Crippen molar-refractivity contribution in [2.24, 2.45) is 0 Å². The summed E-state index contributed by atoms with van der Waals surface area (Å²) in [6.45, 7) is 2.03. The number of hydrogen-bond acceptors (Lipinski definition) is 5. The number of rotatable bonds is 3. The molecule has 3 aromatic rings. The van der Waals surface area contributed by atoms with Gasteiger partial charge in [0.1, 0.15) is 5.82 Å². The smallest absolute Gasteiger partial charge is 0.261 e. The minimum absolute atomic E-state index is 0.219. The third-order valence-corrected chi connectivity index (χ3v) is 3.99. The Balaban J connectivity index is 1.89. The van der Waals surface area contributed by atoms with Crippen LogP contribution in [0.25, 0.3) is 10.2 Å². The van der Waals surface area contributed by atoms with Crippen molar-refractivity contribution in [2.45, 2.75) is 6.92 Å². The van der Waals surface area contributed by atoms with Crippen molar-refractivity contribution in [3.63, 3.8) is 0 Å². The van der Waals surface area contributed by atoms with Crippen LogP contribution in [0.3, 0.4) is 0 Å². The number of thiazole rings is 1. The van der Waals surface area contributed by atoms with E-state index >= 15 is 0 Å². The lowest BCUT2D eigenvalue weighted by Crippen LogP contribution is -2.14. The number of carbonyl (C=O) groups is 1. The first-order valence-corrected chi connectivity index (χ1v) is 7.30. The highest BCUT2D eigenvalue weighted by molar-refractivity contribution is 7.22. The average molecular weight is 298 g/mol. The van der Waals surface area contributed by atoms with Gasteiger partial charge in [-0.1, -0.05) is 17.4 Å². The summed E-state index contributed by atoms with van der Waals surface area (Å²) >= 11 is 1.46. The highest BCUT2D eigenvalue weighted by atomic mass is 32.1. The fourth-order valence-electron chi connectivity index (χ4n) is 2.04. The number of nitrogens with one attached hydrogen (secondary N) is 2. The summed E-state index contributed by atoms with van der Waals surface area (Å²) in [4.78, 5) is 20.9. The Hall–Kier alpha value is -2.47. The minimum Gasteiger partial charge on any atom is -0.372 e. The Bertz CT molecular complexity index is 812. The van der Waals surface area contributed by atoms with Gasteiger partial charge in [0.2, 0.25) is 0 Å². The number of aryl methyl sites for hydroxylation is 1. The maximum atomic E-state index is 12.3. The molecule has 0 fully saturated rings. The van der Waals surface area contributed by atoms with Crippen LogP contribution in [0, 0.1) is 6.92 Å². The molecule has 0 saturated heterocycles. The molecule has 0 aliphatic carbocycles. The highest BCUT2D eigenvalue weighted by Crippen LogP contribution is 2.27. The van der Waals surface area contributed by atoms with Crippen molar-refractivity contribution in [3.8, 4) is 0 Å². The van der Waals surface area contributed by atoms with Crippen LogP contribution >= 0.6 is 11.3 Å². The van der Waals surface area contributed by atoms with Gasteiger partial charge in [0.25, 0.3) is 5.91 Å². The van der Waals surface area contributed by atoms with E-state index in [0.717, 1.165) is 10.2 Å². The molecule has 6 heteroatoms. The SMILES string of the molecule is CNc1ncccc1C(=O)Nc1nc2ccc(C)cc2s1. The molecule has 1 amide bonds. The lowest BCUT2D eigenvalue weighted by Gasteiger charge is -2.06. The molecule has 106 valence electrons. The van der Waals surface area contributed by atoms with E-state index < -0.39 is 0 Å². The summed E-state index contributed by atoms with van der Waals surface area (Å²) < 4.78 is 1.06. The van der Waals surface area contributed by atoms with Crippen LogP contribution in [0.4, 0.5) is 10.9 Å². The first kappa shape index (κ1) is 13.5. The fourth-order valence-corrected chi connectivity index (χ4v) is 3.00.